The highest BCUT2D eigenvalue weighted by molar-refractivity contribution is 5.83. The summed E-state index contributed by atoms with van der Waals surface area (Å²) in [5.74, 6) is 4.00. The van der Waals surface area contributed by atoms with Crippen LogP contribution in [0.3, 0.4) is 0 Å². The highest BCUT2D eigenvalue weighted by Gasteiger charge is 2.01. The normalized spacial score (nSPS) is 10.2. The van der Waals surface area contributed by atoms with Crippen molar-refractivity contribution in [3.8, 4) is 23.8 Å². The second kappa shape index (κ2) is 8.38. The quantitative estimate of drug-likeness (QED) is 0.485. The van der Waals surface area contributed by atoms with Gasteiger partial charge in [-0.1, -0.05) is 36.3 Å². The molecular weight excluding hydrogens is 276 g/mol. The minimum absolute atomic E-state index is 0.236. The summed E-state index contributed by atoms with van der Waals surface area (Å²) in [4.78, 5) is 0. The van der Waals surface area contributed by atoms with Gasteiger partial charge in [0.15, 0.2) is 0 Å². The second-order valence-electron chi connectivity index (χ2n) is 4.44. The molecule has 0 fully saturated rings. The van der Waals surface area contributed by atoms with Crippen molar-refractivity contribution < 1.29 is 9.47 Å². The van der Waals surface area contributed by atoms with E-state index in [-0.39, 0.29) is 6.61 Å². The molecule has 2 aromatic carbocycles. The highest BCUT2D eigenvalue weighted by atomic mass is 16.5. The Hall–Kier alpha value is -2.93. The van der Waals surface area contributed by atoms with Crippen molar-refractivity contribution in [1.82, 2.24) is 5.43 Å². The molecule has 4 nitrogen and oxygen atoms in total. The molecule has 1 N–H and O–H groups in total. The fraction of sp³-hybridized carbons (Fsp3) is 0.167. The summed E-state index contributed by atoms with van der Waals surface area (Å²) < 4.78 is 10.8. The van der Waals surface area contributed by atoms with Gasteiger partial charge in [-0.15, -0.1) is 6.42 Å². The van der Waals surface area contributed by atoms with Gasteiger partial charge in [-0.05, 0) is 18.2 Å². The smallest absolute Gasteiger partial charge is 0.148 e. The van der Waals surface area contributed by atoms with Gasteiger partial charge in [-0.2, -0.15) is 5.10 Å². The zero-order valence-corrected chi connectivity index (χ0v) is 12.5. The van der Waals surface area contributed by atoms with Crippen LogP contribution in [-0.4, -0.2) is 19.9 Å². The Morgan fingerprint density at radius 3 is 2.64 bits per heavy atom. The van der Waals surface area contributed by atoms with Crippen LogP contribution in [-0.2, 0) is 6.54 Å². The number of nitrogens with one attached hydrogen (secondary N) is 1. The van der Waals surface area contributed by atoms with Crippen molar-refractivity contribution in [2.24, 2.45) is 5.10 Å². The third kappa shape index (κ3) is 4.29. The monoisotopic (exact) mass is 294 g/mol. The number of benzene rings is 2. The Bertz CT molecular complexity index is 675. The van der Waals surface area contributed by atoms with Crippen molar-refractivity contribution in [3.63, 3.8) is 0 Å². The molecule has 0 saturated carbocycles. The van der Waals surface area contributed by atoms with E-state index in [1.165, 1.54) is 0 Å². The number of rotatable bonds is 7. The lowest BCUT2D eigenvalue weighted by molar-refractivity contribution is 0.370. The number of nitrogens with zero attached hydrogens (tertiary/aromatic N) is 1. The molecule has 0 aliphatic carbocycles. The average molecular weight is 294 g/mol. The molecule has 2 aromatic rings. The molecule has 0 saturated heterocycles. The topological polar surface area (TPSA) is 42.8 Å². The number of terminal acetylenes is 1. The Morgan fingerprint density at radius 1 is 1.14 bits per heavy atom. The van der Waals surface area contributed by atoms with Gasteiger partial charge in [0.1, 0.15) is 18.1 Å². The molecule has 0 bridgehead atoms. The first-order valence-electron chi connectivity index (χ1n) is 6.88. The SMILES string of the molecule is C#CCOc1ccccc1/C=N\NCc1ccccc1OC. The molecule has 0 aromatic heterocycles. The zero-order valence-electron chi connectivity index (χ0n) is 12.5. The summed E-state index contributed by atoms with van der Waals surface area (Å²) in [5, 5.41) is 4.22. The fourth-order valence-electron chi connectivity index (χ4n) is 1.93. The average Bonchev–Trinajstić information content (AvgIpc) is 2.58. The Morgan fingerprint density at radius 2 is 1.86 bits per heavy atom. The van der Waals surface area contributed by atoms with Gasteiger partial charge < -0.3 is 14.9 Å². The van der Waals surface area contributed by atoms with Gasteiger partial charge in [0.2, 0.25) is 0 Å². The molecule has 4 heteroatoms. The predicted molar refractivity (Wildman–Crippen MR) is 88.2 cm³/mol. The van der Waals surface area contributed by atoms with E-state index in [0.717, 1.165) is 16.9 Å². The third-order valence-electron chi connectivity index (χ3n) is 2.99. The molecule has 0 unspecified atom stereocenters. The second-order valence-corrected chi connectivity index (χ2v) is 4.44. The molecule has 0 aliphatic heterocycles. The molecule has 0 radical (unpaired) electrons. The summed E-state index contributed by atoms with van der Waals surface area (Å²) in [6.07, 6.45) is 6.92. The molecule has 0 spiro atoms. The Balaban J connectivity index is 1.97. The fourth-order valence-corrected chi connectivity index (χ4v) is 1.93. The van der Waals surface area contributed by atoms with E-state index in [2.05, 4.69) is 16.4 Å². The summed E-state index contributed by atoms with van der Waals surface area (Å²) in [6.45, 7) is 0.813. The van der Waals surface area contributed by atoms with Crippen LogP contribution in [0.2, 0.25) is 0 Å². The van der Waals surface area contributed by atoms with Crippen molar-refractivity contribution in [2.75, 3.05) is 13.7 Å². The number of hydrazone groups is 1. The third-order valence-corrected chi connectivity index (χ3v) is 2.99. The van der Waals surface area contributed by atoms with E-state index in [0.29, 0.717) is 12.3 Å². The molecule has 22 heavy (non-hydrogen) atoms. The minimum atomic E-state index is 0.236. The first kappa shape index (κ1) is 15.5. The maximum absolute atomic E-state index is 5.46. The first-order chi connectivity index (χ1) is 10.8. The molecule has 0 aliphatic rings. The summed E-state index contributed by atoms with van der Waals surface area (Å²) >= 11 is 0. The molecular formula is C18H18N2O2. The Labute approximate surface area is 130 Å². The highest BCUT2D eigenvalue weighted by Crippen LogP contribution is 2.17. The Kier molecular flexibility index (Phi) is 5.89. The standard InChI is InChI=1S/C18H18N2O2/c1-3-12-22-18-11-7-5-9-16(18)14-20-19-13-15-8-4-6-10-17(15)21-2/h1,4-11,14,19H,12-13H2,2H3/b20-14-. The van der Waals surface area contributed by atoms with Crippen LogP contribution in [0.1, 0.15) is 11.1 Å². The van der Waals surface area contributed by atoms with Crippen LogP contribution >= 0.6 is 0 Å². The molecule has 2 rings (SSSR count). The molecule has 0 amide bonds. The van der Waals surface area contributed by atoms with E-state index in [1.54, 1.807) is 13.3 Å². The van der Waals surface area contributed by atoms with E-state index in [4.69, 9.17) is 15.9 Å². The maximum atomic E-state index is 5.46. The van der Waals surface area contributed by atoms with Crippen molar-refractivity contribution >= 4 is 6.21 Å². The van der Waals surface area contributed by atoms with Crippen LogP contribution in [0, 0.1) is 12.3 Å². The van der Waals surface area contributed by atoms with Crippen LogP contribution in [0.4, 0.5) is 0 Å². The van der Waals surface area contributed by atoms with Crippen molar-refractivity contribution in [1.29, 1.82) is 0 Å². The molecule has 112 valence electrons. The van der Waals surface area contributed by atoms with Crippen molar-refractivity contribution in [3.05, 3.63) is 59.7 Å². The van der Waals surface area contributed by atoms with Gasteiger partial charge >= 0.3 is 0 Å². The summed E-state index contributed by atoms with van der Waals surface area (Å²) in [6, 6.07) is 15.4. The zero-order chi connectivity index (χ0) is 15.6. The number of hydrogen-bond donors (Lipinski definition) is 1. The van der Waals surface area contributed by atoms with Gasteiger partial charge in [0.25, 0.3) is 0 Å². The first-order valence-corrected chi connectivity index (χ1v) is 6.88. The van der Waals surface area contributed by atoms with Gasteiger partial charge in [0, 0.05) is 11.1 Å². The number of para-hydroxylation sites is 2. The lowest BCUT2D eigenvalue weighted by atomic mass is 10.2. The summed E-state index contributed by atoms with van der Waals surface area (Å²) in [7, 11) is 1.65. The van der Waals surface area contributed by atoms with Crippen LogP contribution in [0.25, 0.3) is 0 Å². The van der Waals surface area contributed by atoms with E-state index >= 15 is 0 Å². The molecule has 0 atom stereocenters. The van der Waals surface area contributed by atoms with Gasteiger partial charge in [-0.25, -0.2) is 0 Å². The molecule has 0 heterocycles. The van der Waals surface area contributed by atoms with Gasteiger partial charge in [-0.3, -0.25) is 0 Å². The van der Waals surface area contributed by atoms with E-state index < -0.39 is 0 Å². The van der Waals surface area contributed by atoms with Crippen LogP contribution < -0.4 is 14.9 Å². The number of methoxy groups -OCH3 is 1. The summed E-state index contributed by atoms with van der Waals surface area (Å²) in [5.41, 5.74) is 4.91. The van der Waals surface area contributed by atoms with Crippen LogP contribution in [0.5, 0.6) is 11.5 Å². The predicted octanol–water partition coefficient (Wildman–Crippen LogP) is 2.83. The number of hydrogen-bond acceptors (Lipinski definition) is 4. The van der Waals surface area contributed by atoms with Crippen molar-refractivity contribution in [2.45, 2.75) is 6.54 Å². The van der Waals surface area contributed by atoms with Crippen LogP contribution in [0.15, 0.2) is 53.6 Å². The largest absolute Gasteiger partial charge is 0.496 e. The van der Waals surface area contributed by atoms with E-state index in [9.17, 15) is 0 Å². The van der Waals surface area contributed by atoms with E-state index in [1.807, 2.05) is 48.5 Å². The lowest BCUT2D eigenvalue weighted by Gasteiger charge is -2.08. The lowest BCUT2D eigenvalue weighted by Crippen LogP contribution is -2.07. The maximum Gasteiger partial charge on any atom is 0.148 e. The minimum Gasteiger partial charge on any atom is -0.496 e. The van der Waals surface area contributed by atoms with Gasteiger partial charge in [0.05, 0.1) is 19.9 Å². The number of ether oxygens (including phenoxy) is 2.